The molecule has 2 aliphatic heterocycles. The Labute approximate surface area is 303 Å². The summed E-state index contributed by atoms with van der Waals surface area (Å²) in [5.41, 5.74) is 2.82. The number of methoxy groups -OCH3 is 1. The van der Waals surface area contributed by atoms with E-state index >= 15 is 0 Å². The second-order valence-corrected chi connectivity index (χ2v) is 12.5. The normalized spacial score (nSPS) is 21.3. The molecule has 1 N–H and O–H groups in total. The molecule has 10 heteroatoms. The van der Waals surface area contributed by atoms with E-state index in [0.29, 0.717) is 13.1 Å². The largest absolute Gasteiger partial charge is 0.508 e. The smallest absolute Gasteiger partial charge is 0.411 e. The summed E-state index contributed by atoms with van der Waals surface area (Å²) < 4.78 is 16.9. The average molecular weight is 705 g/mol. The van der Waals surface area contributed by atoms with Gasteiger partial charge in [0.2, 0.25) is 0 Å². The standard InChI is InChI=1S/C20H23NO3.C19H21NO3.2H2S/c1-15(16-8-7-11-18(14-16)23-3)21-13-12-20(2,24-19(21)22)17-9-5-4-6-10-17;1-14(15-7-6-10-17(21)13-15)20-12-11-19(2,23-18(20)22)16-8-4-3-5-9-16;;/h4-11,14-15H,12-13H2,1-3H3;3-10,13-14,21H,11-12H2,1-2H3;2*1H2/t15-,20?;14-,19?;;/m00../s1. The number of cyclic esters (lactones) is 2. The van der Waals surface area contributed by atoms with Gasteiger partial charge in [0.1, 0.15) is 22.7 Å². The quantitative estimate of drug-likeness (QED) is 0.207. The zero-order valence-electron chi connectivity index (χ0n) is 28.8. The van der Waals surface area contributed by atoms with Gasteiger partial charge in [-0.15, -0.1) is 0 Å². The third-order valence-corrected chi connectivity index (χ3v) is 9.39. The van der Waals surface area contributed by atoms with Gasteiger partial charge < -0.3 is 29.1 Å². The first kappa shape index (κ1) is 39.2. The zero-order valence-corrected chi connectivity index (χ0v) is 30.8. The van der Waals surface area contributed by atoms with Crippen molar-refractivity contribution in [3.63, 3.8) is 0 Å². The van der Waals surface area contributed by atoms with E-state index in [2.05, 4.69) is 0 Å². The molecule has 4 aromatic carbocycles. The third kappa shape index (κ3) is 9.05. The fraction of sp³-hybridized carbons (Fsp3) is 0.333. The van der Waals surface area contributed by atoms with Crippen molar-refractivity contribution in [2.24, 2.45) is 0 Å². The van der Waals surface area contributed by atoms with Crippen molar-refractivity contribution in [1.82, 2.24) is 9.80 Å². The van der Waals surface area contributed by atoms with E-state index in [1.807, 2.05) is 119 Å². The van der Waals surface area contributed by atoms with Crippen molar-refractivity contribution in [3.05, 3.63) is 131 Å². The molecule has 0 bridgehead atoms. The highest BCUT2D eigenvalue weighted by molar-refractivity contribution is 7.59. The van der Waals surface area contributed by atoms with E-state index in [-0.39, 0.29) is 57.0 Å². The fourth-order valence-corrected chi connectivity index (χ4v) is 6.19. The van der Waals surface area contributed by atoms with Crippen LogP contribution in [-0.2, 0) is 20.7 Å². The molecule has 2 unspecified atom stereocenters. The van der Waals surface area contributed by atoms with Gasteiger partial charge in [-0.2, -0.15) is 27.0 Å². The molecule has 0 aromatic heterocycles. The SMILES string of the molecule is COc1cccc([C@H](C)N2CCC(C)(c3ccccc3)OC2=O)c1.C[C@@H](c1cccc(O)c1)N1CCC(C)(c2ccccc2)OC1=O.S.S. The maximum Gasteiger partial charge on any atom is 0.411 e. The van der Waals surface area contributed by atoms with Crippen molar-refractivity contribution in [3.8, 4) is 11.5 Å². The molecule has 4 atom stereocenters. The van der Waals surface area contributed by atoms with Gasteiger partial charge in [-0.05, 0) is 74.2 Å². The maximum atomic E-state index is 12.6. The van der Waals surface area contributed by atoms with Gasteiger partial charge in [-0.1, -0.05) is 84.9 Å². The highest BCUT2D eigenvalue weighted by Crippen LogP contribution is 2.38. The van der Waals surface area contributed by atoms with Crippen LogP contribution < -0.4 is 4.74 Å². The van der Waals surface area contributed by atoms with Crippen molar-refractivity contribution in [2.75, 3.05) is 20.2 Å². The van der Waals surface area contributed by atoms with Crippen LogP contribution in [0.2, 0.25) is 0 Å². The van der Waals surface area contributed by atoms with Gasteiger partial charge in [-0.3, -0.25) is 0 Å². The minimum atomic E-state index is -0.590. The van der Waals surface area contributed by atoms with E-state index in [1.165, 1.54) is 0 Å². The number of phenols is 1. The number of benzene rings is 4. The Morgan fingerprint density at radius 2 is 1.08 bits per heavy atom. The van der Waals surface area contributed by atoms with Gasteiger partial charge in [-0.25, -0.2) is 9.59 Å². The molecular formula is C39H48N2O6S2. The monoisotopic (exact) mass is 704 g/mol. The molecule has 2 fully saturated rings. The number of rotatable bonds is 7. The highest BCUT2D eigenvalue weighted by atomic mass is 32.1. The molecule has 2 amide bonds. The van der Waals surface area contributed by atoms with Crippen LogP contribution in [0.25, 0.3) is 0 Å². The highest BCUT2D eigenvalue weighted by Gasteiger charge is 2.41. The van der Waals surface area contributed by atoms with Crippen molar-refractivity contribution in [1.29, 1.82) is 0 Å². The molecule has 2 heterocycles. The molecular weight excluding hydrogens is 657 g/mol. The van der Waals surface area contributed by atoms with Crippen molar-refractivity contribution in [2.45, 2.75) is 63.8 Å². The van der Waals surface area contributed by atoms with Gasteiger partial charge >= 0.3 is 12.2 Å². The number of carbonyl (C=O) groups is 2. The second-order valence-electron chi connectivity index (χ2n) is 12.5. The Balaban J connectivity index is 0.000000255. The predicted molar refractivity (Wildman–Crippen MR) is 202 cm³/mol. The molecule has 6 rings (SSSR count). The Bertz CT molecular complexity index is 1680. The Morgan fingerprint density at radius 1 is 0.653 bits per heavy atom. The van der Waals surface area contributed by atoms with E-state index in [1.54, 1.807) is 35.1 Å². The summed E-state index contributed by atoms with van der Waals surface area (Å²) in [5.74, 6) is 0.993. The molecule has 2 saturated heterocycles. The average Bonchev–Trinajstić information content (AvgIpc) is 3.09. The van der Waals surface area contributed by atoms with Crippen LogP contribution >= 0.6 is 27.0 Å². The molecule has 0 spiro atoms. The van der Waals surface area contributed by atoms with Crippen molar-refractivity contribution < 1.29 is 28.9 Å². The number of ether oxygens (including phenoxy) is 3. The summed E-state index contributed by atoms with van der Waals surface area (Å²) in [7, 11) is 1.64. The molecule has 0 saturated carbocycles. The maximum absolute atomic E-state index is 12.6. The molecule has 262 valence electrons. The summed E-state index contributed by atoms with van der Waals surface area (Å²) in [5, 5.41) is 9.62. The van der Waals surface area contributed by atoms with Crippen LogP contribution in [0.3, 0.4) is 0 Å². The van der Waals surface area contributed by atoms with Gasteiger partial charge in [0.05, 0.1) is 19.2 Å². The lowest BCUT2D eigenvalue weighted by Crippen LogP contribution is -2.47. The third-order valence-electron chi connectivity index (χ3n) is 9.39. The number of phenolic OH excluding ortho intramolecular Hbond substituents is 1. The lowest BCUT2D eigenvalue weighted by molar-refractivity contribution is -0.0498. The number of aromatic hydroxyl groups is 1. The first-order chi connectivity index (χ1) is 22.5. The van der Waals surface area contributed by atoms with Crippen LogP contribution in [0.15, 0.2) is 109 Å². The fourth-order valence-electron chi connectivity index (χ4n) is 6.19. The van der Waals surface area contributed by atoms with Crippen LogP contribution in [0, 0.1) is 0 Å². The first-order valence-corrected chi connectivity index (χ1v) is 16.1. The van der Waals surface area contributed by atoms with E-state index in [4.69, 9.17) is 14.2 Å². The molecule has 2 aliphatic rings. The minimum Gasteiger partial charge on any atom is -0.508 e. The summed E-state index contributed by atoms with van der Waals surface area (Å²) >= 11 is 0. The molecule has 4 aromatic rings. The Kier molecular flexibility index (Phi) is 13.5. The van der Waals surface area contributed by atoms with Gasteiger partial charge in [0.25, 0.3) is 0 Å². The van der Waals surface area contributed by atoms with Gasteiger partial charge in [0.15, 0.2) is 0 Å². The Morgan fingerprint density at radius 3 is 1.49 bits per heavy atom. The van der Waals surface area contributed by atoms with Crippen LogP contribution in [0.5, 0.6) is 11.5 Å². The number of hydrogen-bond acceptors (Lipinski definition) is 6. The Hall–Kier alpha value is -4.28. The molecule has 0 radical (unpaired) electrons. The summed E-state index contributed by atoms with van der Waals surface area (Å²) in [6.45, 7) is 9.16. The van der Waals surface area contributed by atoms with Crippen LogP contribution in [0.4, 0.5) is 9.59 Å². The summed E-state index contributed by atoms with van der Waals surface area (Å²) in [6, 6.07) is 34.4. The topological polar surface area (TPSA) is 88.5 Å². The summed E-state index contributed by atoms with van der Waals surface area (Å²) in [4.78, 5) is 28.6. The minimum absolute atomic E-state index is 0. The lowest BCUT2D eigenvalue weighted by atomic mass is 9.90. The van der Waals surface area contributed by atoms with E-state index < -0.39 is 11.2 Å². The first-order valence-electron chi connectivity index (χ1n) is 16.1. The number of amides is 2. The molecule has 49 heavy (non-hydrogen) atoms. The number of hydrogen-bond donors (Lipinski definition) is 1. The number of carbonyl (C=O) groups excluding carboxylic acids is 2. The number of nitrogens with zero attached hydrogens (tertiary/aromatic N) is 2. The van der Waals surface area contributed by atoms with Gasteiger partial charge in [0, 0.05) is 25.9 Å². The van der Waals surface area contributed by atoms with Crippen molar-refractivity contribution >= 4 is 39.2 Å². The van der Waals surface area contributed by atoms with E-state index in [0.717, 1.165) is 40.8 Å². The van der Waals surface area contributed by atoms with Crippen LogP contribution in [0.1, 0.15) is 74.9 Å². The lowest BCUT2D eigenvalue weighted by Gasteiger charge is -2.41. The zero-order chi connectivity index (χ0) is 33.6. The van der Waals surface area contributed by atoms with Crippen LogP contribution in [-0.4, -0.2) is 47.3 Å². The second kappa shape index (κ2) is 16.9. The summed E-state index contributed by atoms with van der Waals surface area (Å²) in [6.07, 6.45) is 0.893. The van der Waals surface area contributed by atoms with E-state index in [9.17, 15) is 14.7 Å². The molecule has 0 aliphatic carbocycles. The molecule has 8 nitrogen and oxygen atoms in total. The predicted octanol–water partition coefficient (Wildman–Crippen LogP) is 8.95.